The predicted octanol–water partition coefficient (Wildman–Crippen LogP) is 3.46. The summed E-state index contributed by atoms with van der Waals surface area (Å²) >= 11 is 1.83. The fraction of sp³-hybridized carbons (Fsp3) is 0.647. The van der Waals surface area contributed by atoms with Crippen LogP contribution in [-0.2, 0) is 15.2 Å². The molecular weight excluding hydrogens is 284 g/mol. The molecule has 0 spiro atoms. The van der Waals surface area contributed by atoms with Crippen molar-refractivity contribution in [3.05, 3.63) is 35.9 Å². The molecule has 0 aliphatic carbocycles. The Morgan fingerprint density at radius 2 is 1.81 bits per heavy atom. The summed E-state index contributed by atoms with van der Waals surface area (Å²) in [5, 5.41) is 9.38. The summed E-state index contributed by atoms with van der Waals surface area (Å²) in [7, 11) is 0. The molecule has 2 rings (SSSR count). The molecule has 0 amide bonds. The molecule has 118 valence electrons. The van der Waals surface area contributed by atoms with Crippen molar-refractivity contribution in [2.24, 2.45) is 5.41 Å². The van der Waals surface area contributed by atoms with E-state index in [0.29, 0.717) is 19.6 Å². The van der Waals surface area contributed by atoms with Crippen molar-refractivity contribution in [2.45, 2.75) is 44.0 Å². The normalized spacial score (nSPS) is 26.8. The Hall–Kier alpha value is -0.550. The third-order valence-electron chi connectivity index (χ3n) is 3.66. The molecule has 1 aromatic carbocycles. The van der Waals surface area contributed by atoms with Crippen molar-refractivity contribution in [3.8, 4) is 0 Å². The highest BCUT2D eigenvalue weighted by Crippen LogP contribution is 2.38. The quantitative estimate of drug-likeness (QED) is 0.904. The Bertz CT molecular complexity index is 419. The van der Waals surface area contributed by atoms with E-state index in [1.165, 1.54) is 5.56 Å². The Morgan fingerprint density at radius 3 is 2.33 bits per heavy atom. The summed E-state index contributed by atoms with van der Waals surface area (Å²) in [5.41, 5.74) is 1.27. The average Bonchev–Trinajstić information content (AvgIpc) is 2.46. The van der Waals surface area contributed by atoms with Gasteiger partial charge in [0.15, 0.2) is 6.29 Å². The molecule has 1 aliphatic rings. The van der Waals surface area contributed by atoms with Crippen LogP contribution in [-0.4, -0.2) is 36.0 Å². The van der Waals surface area contributed by atoms with Crippen LogP contribution in [0.4, 0.5) is 0 Å². The zero-order valence-corrected chi connectivity index (χ0v) is 14.0. The summed E-state index contributed by atoms with van der Waals surface area (Å²) in [6.07, 6.45) is 0.531. The van der Waals surface area contributed by atoms with Gasteiger partial charge in [0, 0.05) is 17.8 Å². The van der Waals surface area contributed by atoms with Gasteiger partial charge in [0.25, 0.3) is 0 Å². The lowest BCUT2D eigenvalue weighted by atomic mass is 9.94. The van der Waals surface area contributed by atoms with E-state index >= 15 is 0 Å². The number of rotatable bonds is 5. The Balaban J connectivity index is 1.95. The summed E-state index contributed by atoms with van der Waals surface area (Å²) in [6.45, 7) is 7.78. The molecule has 1 fully saturated rings. The number of hydrogen-bond donors (Lipinski definition) is 1. The van der Waals surface area contributed by atoms with Gasteiger partial charge in [0.05, 0.1) is 18.0 Å². The molecule has 0 saturated carbocycles. The fourth-order valence-corrected chi connectivity index (χ4v) is 3.56. The smallest absolute Gasteiger partial charge is 0.162 e. The van der Waals surface area contributed by atoms with Gasteiger partial charge in [-0.25, -0.2) is 0 Å². The zero-order chi connectivity index (χ0) is 15.3. The summed E-state index contributed by atoms with van der Waals surface area (Å²) in [5.74, 6) is 0.910. The van der Waals surface area contributed by atoms with Gasteiger partial charge >= 0.3 is 0 Å². The lowest BCUT2D eigenvalue weighted by Crippen LogP contribution is -2.49. The number of ether oxygens (including phenoxy) is 2. The standard InChI is InChI=1S/C17H26O3S/c1-16(2,3)15-19-12-17(9-10-18,13-20-15)21-11-14-7-5-4-6-8-14/h4-8,15,18H,9-13H2,1-3H3. The van der Waals surface area contributed by atoms with Gasteiger partial charge in [-0.2, -0.15) is 0 Å². The fourth-order valence-electron chi connectivity index (χ4n) is 2.36. The number of thioether (sulfide) groups is 1. The van der Waals surface area contributed by atoms with Crippen LogP contribution < -0.4 is 0 Å². The monoisotopic (exact) mass is 310 g/mol. The van der Waals surface area contributed by atoms with Crippen molar-refractivity contribution >= 4 is 11.8 Å². The van der Waals surface area contributed by atoms with Crippen LogP contribution in [0.25, 0.3) is 0 Å². The number of hydrogen-bond acceptors (Lipinski definition) is 4. The van der Waals surface area contributed by atoms with Crippen molar-refractivity contribution < 1.29 is 14.6 Å². The lowest BCUT2D eigenvalue weighted by molar-refractivity contribution is -0.236. The van der Waals surface area contributed by atoms with Crippen LogP contribution in [0.1, 0.15) is 32.8 Å². The van der Waals surface area contributed by atoms with Crippen molar-refractivity contribution in [1.82, 2.24) is 0 Å². The maximum Gasteiger partial charge on any atom is 0.162 e. The van der Waals surface area contributed by atoms with Crippen molar-refractivity contribution in [3.63, 3.8) is 0 Å². The molecular formula is C17H26O3S. The van der Waals surface area contributed by atoms with Gasteiger partial charge in [-0.15, -0.1) is 11.8 Å². The summed E-state index contributed by atoms with van der Waals surface area (Å²) in [4.78, 5) is 0. The molecule has 1 heterocycles. The minimum absolute atomic E-state index is 0.0184. The Labute approximate surface area is 132 Å². The van der Waals surface area contributed by atoms with Crippen LogP contribution in [0.2, 0.25) is 0 Å². The highest BCUT2D eigenvalue weighted by atomic mass is 32.2. The van der Waals surface area contributed by atoms with Crippen LogP contribution in [0.15, 0.2) is 30.3 Å². The predicted molar refractivity (Wildman–Crippen MR) is 87.3 cm³/mol. The maximum atomic E-state index is 9.38. The Morgan fingerprint density at radius 1 is 1.19 bits per heavy atom. The SMILES string of the molecule is CC(C)(C)C1OCC(CCO)(SCc2ccccc2)CO1. The zero-order valence-electron chi connectivity index (χ0n) is 13.2. The van der Waals surface area contributed by atoms with E-state index in [9.17, 15) is 5.11 Å². The molecule has 0 unspecified atom stereocenters. The molecule has 0 aromatic heterocycles. The summed E-state index contributed by atoms with van der Waals surface area (Å²) < 4.78 is 11.7. The largest absolute Gasteiger partial charge is 0.396 e. The van der Waals surface area contributed by atoms with E-state index in [-0.39, 0.29) is 23.1 Å². The molecule has 1 aromatic rings. The van der Waals surface area contributed by atoms with Gasteiger partial charge in [-0.1, -0.05) is 51.1 Å². The first-order chi connectivity index (χ1) is 9.95. The van der Waals surface area contributed by atoms with Gasteiger partial charge in [-0.05, 0) is 12.0 Å². The van der Waals surface area contributed by atoms with E-state index in [0.717, 1.165) is 5.75 Å². The van der Waals surface area contributed by atoms with Gasteiger partial charge in [0.2, 0.25) is 0 Å². The second-order valence-electron chi connectivity index (χ2n) is 6.75. The Kier molecular flexibility index (Phi) is 5.72. The van der Waals surface area contributed by atoms with Crippen LogP contribution >= 0.6 is 11.8 Å². The molecule has 0 radical (unpaired) electrons. The second kappa shape index (κ2) is 7.14. The molecule has 0 bridgehead atoms. The van der Waals surface area contributed by atoms with E-state index in [2.05, 4.69) is 45.0 Å². The van der Waals surface area contributed by atoms with Crippen LogP contribution in [0.3, 0.4) is 0 Å². The molecule has 21 heavy (non-hydrogen) atoms. The second-order valence-corrected chi connectivity index (χ2v) is 8.19. The van der Waals surface area contributed by atoms with E-state index < -0.39 is 0 Å². The number of benzene rings is 1. The van der Waals surface area contributed by atoms with Gasteiger partial charge in [-0.3, -0.25) is 0 Å². The third kappa shape index (κ3) is 4.71. The highest BCUT2D eigenvalue weighted by molar-refractivity contribution is 8.00. The first kappa shape index (κ1) is 16.8. The average molecular weight is 310 g/mol. The molecule has 1 N–H and O–H groups in total. The van der Waals surface area contributed by atoms with Crippen molar-refractivity contribution in [1.29, 1.82) is 0 Å². The maximum absolute atomic E-state index is 9.38. The minimum atomic E-state index is -0.165. The van der Waals surface area contributed by atoms with Crippen LogP contribution in [0.5, 0.6) is 0 Å². The number of aliphatic hydroxyl groups is 1. The minimum Gasteiger partial charge on any atom is -0.396 e. The topological polar surface area (TPSA) is 38.7 Å². The molecule has 0 atom stereocenters. The molecule has 1 aliphatic heterocycles. The first-order valence-electron chi connectivity index (χ1n) is 7.47. The van der Waals surface area contributed by atoms with E-state index in [1.54, 1.807) is 0 Å². The van der Waals surface area contributed by atoms with Gasteiger partial charge in [0.1, 0.15) is 0 Å². The molecule has 4 heteroatoms. The van der Waals surface area contributed by atoms with E-state index in [4.69, 9.17) is 9.47 Å². The molecule has 3 nitrogen and oxygen atoms in total. The first-order valence-corrected chi connectivity index (χ1v) is 8.46. The van der Waals surface area contributed by atoms with Gasteiger partial charge < -0.3 is 14.6 Å². The number of aliphatic hydroxyl groups excluding tert-OH is 1. The van der Waals surface area contributed by atoms with Crippen molar-refractivity contribution in [2.75, 3.05) is 19.8 Å². The highest BCUT2D eigenvalue weighted by Gasteiger charge is 2.40. The van der Waals surface area contributed by atoms with E-state index in [1.807, 2.05) is 17.8 Å². The lowest BCUT2D eigenvalue weighted by Gasteiger charge is -2.43. The molecule has 1 saturated heterocycles. The summed E-state index contributed by atoms with van der Waals surface area (Å²) in [6, 6.07) is 10.4. The van der Waals surface area contributed by atoms with Crippen LogP contribution in [0, 0.1) is 5.41 Å². The third-order valence-corrected chi connectivity index (χ3v) is 5.19.